The Morgan fingerprint density at radius 2 is 2.14 bits per heavy atom. The third-order valence-electron chi connectivity index (χ3n) is 3.43. The van der Waals surface area contributed by atoms with E-state index in [1.54, 1.807) is 25.4 Å². The number of rotatable bonds is 7. The van der Waals surface area contributed by atoms with Crippen LogP contribution in [-0.4, -0.2) is 23.8 Å². The predicted molar refractivity (Wildman–Crippen MR) is 85.3 cm³/mol. The summed E-state index contributed by atoms with van der Waals surface area (Å²) in [6, 6.07) is 9.03. The summed E-state index contributed by atoms with van der Waals surface area (Å²) in [5.74, 6) is 1.61. The van der Waals surface area contributed by atoms with Gasteiger partial charge in [-0.15, -0.1) is 0 Å². The highest BCUT2D eigenvalue weighted by Crippen LogP contribution is 2.28. The fourth-order valence-electron chi connectivity index (χ4n) is 2.20. The van der Waals surface area contributed by atoms with Gasteiger partial charge in [0.25, 0.3) is 0 Å². The average Bonchev–Trinajstić information content (AvgIpc) is 2.54. The standard InChI is InChI=1S/C17H22N2O3/c1-4-22-17-13(6-5-9-18-17)11-19-12(2)15-10-14(21-3)7-8-16(15)20/h5-10,12,19-20H,4,11H2,1-3H3. The van der Waals surface area contributed by atoms with Crippen LogP contribution in [0.2, 0.25) is 0 Å². The molecule has 0 aliphatic carbocycles. The molecule has 2 rings (SSSR count). The van der Waals surface area contributed by atoms with Crippen LogP contribution in [0.15, 0.2) is 36.5 Å². The molecule has 0 saturated carbocycles. The lowest BCUT2D eigenvalue weighted by Gasteiger charge is -2.17. The van der Waals surface area contributed by atoms with E-state index >= 15 is 0 Å². The number of aromatic nitrogens is 1. The van der Waals surface area contributed by atoms with Gasteiger partial charge in [0.15, 0.2) is 0 Å². The van der Waals surface area contributed by atoms with Gasteiger partial charge < -0.3 is 19.9 Å². The molecular weight excluding hydrogens is 280 g/mol. The number of ether oxygens (including phenoxy) is 2. The van der Waals surface area contributed by atoms with E-state index in [-0.39, 0.29) is 11.8 Å². The molecule has 1 aromatic carbocycles. The zero-order valence-corrected chi connectivity index (χ0v) is 13.2. The van der Waals surface area contributed by atoms with Gasteiger partial charge in [-0.1, -0.05) is 6.07 Å². The van der Waals surface area contributed by atoms with E-state index in [0.29, 0.717) is 19.0 Å². The number of hydrogen-bond donors (Lipinski definition) is 2. The average molecular weight is 302 g/mol. The summed E-state index contributed by atoms with van der Waals surface area (Å²) in [4.78, 5) is 4.23. The maximum absolute atomic E-state index is 10.0. The lowest BCUT2D eigenvalue weighted by molar-refractivity contribution is 0.321. The minimum Gasteiger partial charge on any atom is -0.508 e. The maximum atomic E-state index is 10.0. The van der Waals surface area contributed by atoms with Crippen LogP contribution in [0.5, 0.6) is 17.4 Å². The van der Waals surface area contributed by atoms with Gasteiger partial charge in [0.1, 0.15) is 11.5 Å². The van der Waals surface area contributed by atoms with Crippen molar-refractivity contribution in [1.82, 2.24) is 10.3 Å². The molecule has 0 bridgehead atoms. The van der Waals surface area contributed by atoms with Crippen molar-refractivity contribution in [2.45, 2.75) is 26.4 Å². The first-order valence-electron chi connectivity index (χ1n) is 7.32. The van der Waals surface area contributed by atoms with Crippen LogP contribution in [-0.2, 0) is 6.54 Å². The molecule has 5 nitrogen and oxygen atoms in total. The van der Waals surface area contributed by atoms with Crippen molar-refractivity contribution >= 4 is 0 Å². The van der Waals surface area contributed by atoms with Crippen molar-refractivity contribution in [3.05, 3.63) is 47.7 Å². The van der Waals surface area contributed by atoms with E-state index in [4.69, 9.17) is 9.47 Å². The van der Waals surface area contributed by atoms with Gasteiger partial charge in [0, 0.05) is 29.9 Å². The van der Waals surface area contributed by atoms with Crippen LogP contribution in [0.25, 0.3) is 0 Å². The number of benzene rings is 1. The van der Waals surface area contributed by atoms with Crippen molar-refractivity contribution in [2.75, 3.05) is 13.7 Å². The molecule has 1 heterocycles. The molecule has 0 amide bonds. The van der Waals surface area contributed by atoms with Crippen molar-refractivity contribution in [2.24, 2.45) is 0 Å². The molecule has 1 unspecified atom stereocenters. The first-order valence-corrected chi connectivity index (χ1v) is 7.32. The molecule has 2 aromatic rings. The van der Waals surface area contributed by atoms with E-state index in [9.17, 15) is 5.11 Å². The van der Waals surface area contributed by atoms with Crippen LogP contribution < -0.4 is 14.8 Å². The van der Waals surface area contributed by atoms with E-state index in [2.05, 4.69) is 10.3 Å². The van der Waals surface area contributed by atoms with Crippen LogP contribution in [0, 0.1) is 0 Å². The number of pyridine rings is 1. The highest BCUT2D eigenvalue weighted by atomic mass is 16.5. The van der Waals surface area contributed by atoms with Gasteiger partial charge in [-0.3, -0.25) is 0 Å². The Morgan fingerprint density at radius 3 is 2.86 bits per heavy atom. The van der Waals surface area contributed by atoms with E-state index < -0.39 is 0 Å². The molecular formula is C17H22N2O3. The SMILES string of the molecule is CCOc1ncccc1CNC(C)c1cc(OC)ccc1O. The van der Waals surface area contributed by atoms with Crippen LogP contribution >= 0.6 is 0 Å². The fraction of sp³-hybridized carbons (Fsp3) is 0.353. The minimum atomic E-state index is -0.0372. The molecule has 1 atom stereocenters. The number of phenols is 1. The quantitative estimate of drug-likeness (QED) is 0.823. The highest BCUT2D eigenvalue weighted by Gasteiger charge is 2.12. The van der Waals surface area contributed by atoms with Gasteiger partial charge in [-0.25, -0.2) is 4.98 Å². The molecule has 0 aliphatic heterocycles. The Hall–Kier alpha value is -2.27. The van der Waals surface area contributed by atoms with E-state index in [0.717, 1.165) is 16.9 Å². The molecule has 0 radical (unpaired) electrons. The van der Waals surface area contributed by atoms with Crippen molar-refractivity contribution in [3.8, 4) is 17.4 Å². The lowest BCUT2D eigenvalue weighted by atomic mass is 10.1. The zero-order valence-electron chi connectivity index (χ0n) is 13.2. The van der Waals surface area contributed by atoms with Gasteiger partial charge in [-0.2, -0.15) is 0 Å². The number of aromatic hydroxyl groups is 1. The Bertz CT molecular complexity index is 617. The van der Waals surface area contributed by atoms with Gasteiger partial charge in [0.05, 0.1) is 13.7 Å². The second-order valence-corrected chi connectivity index (χ2v) is 4.93. The summed E-state index contributed by atoms with van der Waals surface area (Å²) in [5, 5.41) is 13.4. The van der Waals surface area contributed by atoms with Gasteiger partial charge >= 0.3 is 0 Å². The number of nitrogens with one attached hydrogen (secondary N) is 1. The second-order valence-electron chi connectivity index (χ2n) is 4.93. The Labute approximate surface area is 130 Å². The molecule has 5 heteroatoms. The summed E-state index contributed by atoms with van der Waals surface area (Å²) in [6.45, 7) is 5.10. The summed E-state index contributed by atoms with van der Waals surface area (Å²) in [6.07, 6.45) is 1.71. The van der Waals surface area contributed by atoms with Gasteiger partial charge in [-0.05, 0) is 38.1 Å². The fourth-order valence-corrected chi connectivity index (χ4v) is 2.20. The summed E-state index contributed by atoms with van der Waals surface area (Å²) >= 11 is 0. The largest absolute Gasteiger partial charge is 0.508 e. The monoisotopic (exact) mass is 302 g/mol. The predicted octanol–water partition coefficient (Wildman–Crippen LogP) is 3.05. The second kappa shape index (κ2) is 7.66. The van der Waals surface area contributed by atoms with Crippen molar-refractivity contribution in [3.63, 3.8) is 0 Å². The molecule has 2 N–H and O–H groups in total. The van der Waals surface area contributed by atoms with Crippen molar-refractivity contribution < 1.29 is 14.6 Å². The first-order chi connectivity index (χ1) is 10.7. The maximum Gasteiger partial charge on any atom is 0.217 e. The molecule has 22 heavy (non-hydrogen) atoms. The van der Waals surface area contributed by atoms with Crippen LogP contribution in [0.1, 0.15) is 31.0 Å². The Kier molecular flexibility index (Phi) is 5.61. The van der Waals surface area contributed by atoms with Crippen molar-refractivity contribution in [1.29, 1.82) is 0 Å². The number of methoxy groups -OCH3 is 1. The number of phenolic OH excluding ortho intramolecular Hbond substituents is 1. The Balaban J connectivity index is 2.08. The normalized spacial score (nSPS) is 12.0. The third-order valence-corrected chi connectivity index (χ3v) is 3.43. The van der Waals surface area contributed by atoms with Crippen LogP contribution in [0.3, 0.4) is 0 Å². The molecule has 0 saturated heterocycles. The number of nitrogens with zero attached hydrogens (tertiary/aromatic N) is 1. The number of hydrogen-bond acceptors (Lipinski definition) is 5. The molecule has 0 aliphatic rings. The van der Waals surface area contributed by atoms with E-state index in [1.807, 2.05) is 32.0 Å². The minimum absolute atomic E-state index is 0.0372. The summed E-state index contributed by atoms with van der Waals surface area (Å²) < 4.78 is 10.7. The smallest absolute Gasteiger partial charge is 0.217 e. The molecule has 0 fully saturated rings. The zero-order chi connectivity index (χ0) is 15.9. The topological polar surface area (TPSA) is 63.6 Å². The highest BCUT2D eigenvalue weighted by molar-refractivity contribution is 5.41. The lowest BCUT2D eigenvalue weighted by Crippen LogP contribution is -2.19. The first kappa shape index (κ1) is 16.1. The van der Waals surface area contributed by atoms with E-state index in [1.165, 1.54) is 0 Å². The van der Waals surface area contributed by atoms with Gasteiger partial charge in [0.2, 0.25) is 5.88 Å². The molecule has 0 spiro atoms. The summed E-state index contributed by atoms with van der Waals surface area (Å²) in [5.41, 5.74) is 1.78. The summed E-state index contributed by atoms with van der Waals surface area (Å²) in [7, 11) is 1.61. The molecule has 118 valence electrons. The third kappa shape index (κ3) is 3.89. The molecule has 1 aromatic heterocycles. The Morgan fingerprint density at radius 1 is 1.32 bits per heavy atom. The van der Waals surface area contributed by atoms with Crippen LogP contribution in [0.4, 0.5) is 0 Å².